The molecule has 186 valence electrons. The molecule has 4 rings (SSSR count). The van der Waals surface area contributed by atoms with Crippen LogP contribution in [0.1, 0.15) is 43.7 Å². The van der Waals surface area contributed by atoms with Crippen LogP contribution < -0.4 is 11.1 Å². The van der Waals surface area contributed by atoms with Crippen molar-refractivity contribution in [2.45, 2.75) is 57.8 Å². The Bertz CT molecular complexity index is 1030. The van der Waals surface area contributed by atoms with Crippen molar-refractivity contribution in [2.24, 2.45) is 5.92 Å². The molecule has 2 saturated heterocycles. The molecule has 2 aromatic rings. The van der Waals surface area contributed by atoms with Gasteiger partial charge in [0.2, 0.25) is 11.8 Å². The number of aromatic nitrogens is 1. The van der Waals surface area contributed by atoms with Crippen molar-refractivity contribution in [3.63, 3.8) is 0 Å². The van der Waals surface area contributed by atoms with Crippen LogP contribution in [0.5, 0.6) is 0 Å². The maximum Gasteiger partial charge on any atom is 0.410 e. The number of pyridine rings is 1. The highest BCUT2D eigenvalue weighted by atomic mass is 16.6. The number of carbonyl (C=O) groups is 3. The average molecular weight is 480 g/mol. The molecule has 0 aliphatic carbocycles. The number of anilines is 1. The number of hydrogen-bond donors (Lipinski definition) is 2. The largest absolute Gasteiger partial charge is 0.445 e. The number of ether oxygens (including phenoxy) is 1. The van der Waals surface area contributed by atoms with Crippen molar-refractivity contribution in [1.82, 2.24) is 20.1 Å². The topological polar surface area (TPSA) is 118 Å². The van der Waals surface area contributed by atoms with Gasteiger partial charge in [0.05, 0.1) is 0 Å². The third-order valence-corrected chi connectivity index (χ3v) is 6.89. The standard InChI is InChI=1S/C26H33N5O4/c1-2-20-12-14-31(26(34)35-17-18-7-4-3-5-8-18)23(20)25(33)30-13-6-9-21(30)24(32)29-16-19-10-11-22(27)28-15-19/h3-5,7-8,10-11,15,20-21,23H,2,6,9,12-14,16-17H2,1H3,(H2,27,28)(H,29,32)/t20-,21+,23-/m1/s1. The lowest BCUT2D eigenvalue weighted by Crippen LogP contribution is -2.54. The zero-order valence-corrected chi connectivity index (χ0v) is 20.1. The molecule has 9 nitrogen and oxygen atoms in total. The predicted octanol–water partition coefficient (Wildman–Crippen LogP) is 2.71. The Morgan fingerprint density at radius 3 is 2.57 bits per heavy atom. The summed E-state index contributed by atoms with van der Waals surface area (Å²) in [6.07, 6.45) is 3.99. The summed E-state index contributed by atoms with van der Waals surface area (Å²) in [7, 11) is 0. The molecule has 3 atom stereocenters. The second-order valence-corrected chi connectivity index (χ2v) is 9.13. The van der Waals surface area contributed by atoms with Gasteiger partial charge in [-0.1, -0.05) is 49.7 Å². The minimum absolute atomic E-state index is 0.0388. The van der Waals surface area contributed by atoms with Gasteiger partial charge in [0, 0.05) is 25.8 Å². The Hall–Kier alpha value is -3.62. The van der Waals surface area contributed by atoms with E-state index in [9.17, 15) is 14.4 Å². The number of amides is 3. The van der Waals surface area contributed by atoms with Gasteiger partial charge in [0.15, 0.2) is 0 Å². The molecule has 3 N–H and O–H groups in total. The Morgan fingerprint density at radius 2 is 1.86 bits per heavy atom. The smallest absolute Gasteiger partial charge is 0.410 e. The van der Waals surface area contributed by atoms with Crippen LogP contribution in [-0.4, -0.2) is 57.9 Å². The molecule has 2 aliphatic heterocycles. The fourth-order valence-corrected chi connectivity index (χ4v) is 4.95. The molecule has 3 heterocycles. The molecule has 9 heteroatoms. The quantitative estimate of drug-likeness (QED) is 0.631. The third kappa shape index (κ3) is 5.72. The number of hydrogen-bond acceptors (Lipinski definition) is 6. The zero-order chi connectivity index (χ0) is 24.8. The van der Waals surface area contributed by atoms with Crippen LogP contribution in [0, 0.1) is 5.92 Å². The summed E-state index contributed by atoms with van der Waals surface area (Å²) < 4.78 is 5.54. The van der Waals surface area contributed by atoms with E-state index in [1.165, 1.54) is 0 Å². The summed E-state index contributed by atoms with van der Waals surface area (Å²) in [5.74, 6) is 0.0909. The first-order chi connectivity index (χ1) is 17.0. The Morgan fingerprint density at radius 1 is 1.06 bits per heavy atom. The van der Waals surface area contributed by atoms with E-state index in [0.29, 0.717) is 31.9 Å². The highest BCUT2D eigenvalue weighted by molar-refractivity contribution is 5.92. The zero-order valence-electron chi connectivity index (χ0n) is 20.1. The first kappa shape index (κ1) is 24.5. The minimum Gasteiger partial charge on any atom is -0.445 e. The second kappa shape index (κ2) is 11.2. The molecule has 0 radical (unpaired) electrons. The molecule has 0 bridgehead atoms. The van der Waals surface area contributed by atoms with E-state index in [4.69, 9.17) is 10.5 Å². The average Bonchev–Trinajstić information content (AvgIpc) is 3.54. The van der Waals surface area contributed by atoms with E-state index < -0.39 is 18.2 Å². The van der Waals surface area contributed by atoms with Gasteiger partial charge in [0.1, 0.15) is 24.5 Å². The monoisotopic (exact) mass is 479 g/mol. The summed E-state index contributed by atoms with van der Waals surface area (Å²) in [5, 5.41) is 2.91. The van der Waals surface area contributed by atoms with Crippen LogP contribution in [0.25, 0.3) is 0 Å². The van der Waals surface area contributed by atoms with Crippen LogP contribution in [0.15, 0.2) is 48.7 Å². The van der Waals surface area contributed by atoms with Gasteiger partial charge in [-0.25, -0.2) is 9.78 Å². The van der Waals surface area contributed by atoms with Crippen molar-refractivity contribution in [3.8, 4) is 0 Å². The van der Waals surface area contributed by atoms with Crippen molar-refractivity contribution in [2.75, 3.05) is 18.8 Å². The van der Waals surface area contributed by atoms with Crippen molar-refractivity contribution in [3.05, 3.63) is 59.8 Å². The summed E-state index contributed by atoms with van der Waals surface area (Å²) in [6.45, 7) is 3.46. The summed E-state index contributed by atoms with van der Waals surface area (Å²) in [6, 6.07) is 11.8. The van der Waals surface area contributed by atoms with Crippen LogP contribution in [0.3, 0.4) is 0 Å². The number of nitrogens with one attached hydrogen (secondary N) is 1. The normalized spacial score (nSPS) is 21.7. The Labute approximate surface area is 205 Å². The number of nitrogens with zero attached hydrogens (tertiary/aromatic N) is 3. The van der Waals surface area contributed by atoms with E-state index in [1.807, 2.05) is 43.3 Å². The second-order valence-electron chi connectivity index (χ2n) is 9.13. The van der Waals surface area contributed by atoms with Gasteiger partial charge in [-0.05, 0) is 42.4 Å². The van der Waals surface area contributed by atoms with Gasteiger partial charge in [-0.15, -0.1) is 0 Å². The Kier molecular flexibility index (Phi) is 7.84. The van der Waals surface area contributed by atoms with Crippen molar-refractivity contribution < 1.29 is 19.1 Å². The molecule has 35 heavy (non-hydrogen) atoms. The fraction of sp³-hybridized carbons (Fsp3) is 0.462. The number of benzene rings is 1. The molecular formula is C26H33N5O4. The minimum atomic E-state index is -0.613. The summed E-state index contributed by atoms with van der Waals surface area (Å²) >= 11 is 0. The molecule has 2 aliphatic rings. The van der Waals surface area contributed by atoms with Gasteiger partial charge >= 0.3 is 6.09 Å². The number of nitrogens with two attached hydrogens (primary N) is 1. The maximum absolute atomic E-state index is 13.7. The fourth-order valence-electron chi connectivity index (χ4n) is 4.95. The molecule has 2 fully saturated rings. The summed E-state index contributed by atoms with van der Waals surface area (Å²) in [4.78, 5) is 46.9. The number of nitrogen functional groups attached to an aromatic ring is 1. The lowest BCUT2D eigenvalue weighted by atomic mass is 9.96. The van der Waals surface area contributed by atoms with Crippen molar-refractivity contribution in [1.29, 1.82) is 0 Å². The van der Waals surface area contributed by atoms with E-state index in [1.54, 1.807) is 22.1 Å². The number of likely N-dealkylation sites (tertiary alicyclic amines) is 2. The molecule has 1 aromatic carbocycles. The van der Waals surface area contributed by atoms with Crippen LogP contribution >= 0.6 is 0 Å². The first-order valence-corrected chi connectivity index (χ1v) is 12.2. The maximum atomic E-state index is 13.7. The third-order valence-electron chi connectivity index (χ3n) is 6.89. The van der Waals surface area contributed by atoms with E-state index >= 15 is 0 Å². The summed E-state index contributed by atoms with van der Waals surface area (Å²) in [5.41, 5.74) is 7.34. The highest BCUT2D eigenvalue weighted by Crippen LogP contribution is 2.31. The lowest BCUT2D eigenvalue weighted by Gasteiger charge is -2.32. The van der Waals surface area contributed by atoms with E-state index in [2.05, 4.69) is 10.3 Å². The molecule has 1 aromatic heterocycles. The molecule has 0 spiro atoms. The molecular weight excluding hydrogens is 446 g/mol. The predicted molar refractivity (Wildman–Crippen MR) is 131 cm³/mol. The highest BCUT2D eigenvalue weighted by Gasteiger charge is 2.46. The van der Waals surface area contributed by atoms with Crippen LogP contribution in [-0.2, 0) is 27.5 Å². The van der Waals surface area contributed by atoms with E-state index in [0.717, 1.165) is 30.4 Å². The Balaban J connectivity index is 1.40. The SMILES string of the molecule is CC[C@@H]1CCN(C(=O)OCc2ccccc2)[C@H]1C(=O)N1CCC[C@H]1C(=O)NCc1ccc(N)nc1. The first-order valence-electron chi connectivity index (χ1n) is 12.2. The van der Waals surface area contributed by atoms with Crippen LogP contribution in [0.4, 0.5) is 10.6 Å². The lowest BCUT2D eigenvalue weighted by molar-refractivity contribution is -0.142. The molecule has 3 amide bonds. The molecule has 0 unspecified atom stereocenters. The van der Waals surface area contributed by atoms with Crippen LogP contribution in [0.2, 0.25) is 0 Å². The molecule has 0 saturated carbocycles. The van der Waals surface area contributed by atoms with Gasteiger partial charge in [-0.3, -0.25) is 14.5 Å². The number of carbonyl (C=O) groups excluding carboxylic acids is 3. The number of rotatable bonds is 7. The van der Waals surface area contributed by atoms with E-state index in [-0.39, 0.29) is 24.3 Å². The van der Waals surface area contributed by atoms with Gasteiger partial charge in [-0.2, -0.15) is 0 Å². The van der Waals surface area contributed by atoms with Gasteiger partial charge < -0.3 is 20.7 Å². The van der Waals surface area contributed by atoms with Crippen molar-refractivity contribution >= 4 is 23.7 Å². The van der Waals surface area contributed by atoms with Gasteiger partial charge in [0.25, 0.3) is 0 Å².